The lowest BCUT2D eigenvalue weighted by Gasteiger charge is -2.17. The van der Waals surface area contributed by atoms with E-state index in [2.05, 4.69) is 0 Å². The quantitative estimate of drug-likeness (QED) is 0.602. The van der Waals surface area contributed by atoms with Crippen LogP contribution in [0.3, 0.4) is 0 Å². The summed E-state index contributed by atoms with van der Waals surface area (Å²) in [5.41, 5.74) is 2.07. The van der Waals surface area contributed by atoms with E-state index in [9.17, 15) is 8.42 Å². The van der Waals surface area contributed by atoms with E-state index < -0.39 is 10.1 Å². The van der Waals surface area contributed by atoms with Gasteiger partial charge < -0.3 is 9.47 Å². The van der Waals surface area contributed by atoms with Crippen LogP contribution in [0.2, 0.25) is 0 Å². The Morgan fingerprint density at radius 3 is 2.28 bits per heavy atom. The standard InChI is InChI=1S/C19H24O5S/c1-3-22-19(13-14-24-25(2,20)21)17-9-11-18(12-10-17)23-15-16-7-5-4-6-8-16/h4-12,19H,3,13-15H2,1-2H3. The van der Waals surface area contributed by atoms with Crippen molar-refractivity contribution < 1.29 is 22.1 Å². The lowest BCUT2D eigenvalue weighted by Crippen LogP contribution is -2.11. The van der Waals surface area contributed by atoms with Crippen LogP contribution in [0.4, 0.5) is 0 Å². The van der Waals surface area contributed by atoms with Crippen molar-refractivity contribution in [1.82, 2.24) is 0 Å². The van der Waals surface area contributed by atoms with Crippen molar-refractivity contribution >= 4 is 10.1 Å². The average Bonchev–Trinajstić information content (AvgIpc) is 2.60. The maximum Gasteiger partial charge on any atom is 0.264 e. The Balaban J connectivity index is 1.92. The lowest BCUT2D eigenvalue weighted by molar-refractivity contribution is 0.0466. The minimum absolute atomic E-state index is 0.0930. The van der Waals surface area contributed by atoms with Gasteiger partial charge in [-0.05, 0) is 30.2 Å². The first kappa shape index (κ1) is 19.4. The Kier molecular flexibility index (Phi) is 7.43. The van der Waals surface area contributed by atoms with Gasteiger partial charge >= 0.3 is 0 Å². The molecule has 0 heterocycles. The Bertz CT molecular complexity index is 726. The Morgan fingerprint density at radius 2 is 1.68 bits per heavy atom. The van der Waals surface area contributed by atoms with Gasteiger partial charge in [-0.25, -0.2) is 0 Å². The van der Waals surface area contributed by atoms with E-state index in [0.29, 0.717) is 19.6 Å². The molecule has 6 heteroatoms. The fourth-order valence-corrected chi connectivity index (χ4v) is 2.77. The highest BCUT2D eigenvalue weighted by Gasteiger charge is 2.13. The summed E-state index contributed by atoms with van der Waals surface area (Å²) in [6, 6.07) is 17.6. The molecule has 5 nitrogen and oxygen atoms in total. The van der Waals surface area contributed by atoms with Crippen LogP contribution in [0.25, 0.3) is 0 Å². The molecule has 0 radical (unpaired) electrons. The highest BCUT2D eigenvalue weighted by molar-refractivity contribution is 7.85. The normalized spacial score (nSPS) is 12.7. The molecule has 0 aliphatic carbocycles. The van der Waals surface area contributed by atoms with Crippen LogP contribution < -0.4 is 4.74 Å². The van der Waals surface area contributed by atoms with Crippen molar-refractivity contribution in [2.75, 3.05) is 19.5 Å². The SMILES string of the molecule is CCOC(CCOS(C)(=O)=O)c1ccc(OCc2ccccc2)cc1. The second kappa shape index (κ2) is 9.56. The second-order valence-corrected chi connectivity index (χ2v) is 7.25. The summed E-state index contributed by atoms with van der Waals surface area (Å²) in [7, 11) is -3.43. The van der Waals surface area contributed by atoms with Gasteiger partial charge in [0.2, 0.25) is 0 Å². The summed E-state index contributed by atoms with van der Waals surface area (Å²) in [5, 5.41) is 0. The lowest BCUT2D eigenvalue weighted by atomic mass is 10.1. The van der Waals surface area contributed by atoms with E-state index in [-0.39, 0.29) is 12.7 Å². The van der Waals surface area contributed by atoms with Crippen molar-refractivity contribution in [3.8, 4) is 5.75 Å². The zero-order valence-electron chi connectivity index (χ0n) is 14.6. The molecule has 1 unspecified atom stereocenters. The van der Waals surface area contributed by atoms with Gasteiger partial charge in [-0.15, -0.1) is 0 Å². The van der Waals surface area contributed by atoms with Gasteiger partial charge in [0.15, 0.2) is 0 Å². The van der Waals surface area contributed by atoms with Crippen LogP contribution in [-0.4, -0.2) is 27.9 Å². The van der Waals surface area contributed by atoms with Gasteiger partial charge in [0.25, 0.3) is 10.1 Å². The topological polar surface area (TPSA) is 61.8 Å². The van der Waals surface area contributed by atoms with Crippen molar-refractivity contribution in [3.05, 3.63) is 65.7 Å². The highest BCUT2D eigenvalue weighted by Crippen LogP contribution is 2.24. The molecule has 1 atom stereocenters. The van der Waals surface area contributed by atoms with Crippen molar-refractivity contribution in [1.29, 1.82) is 0 Å². The fraction of sp³-hybridized carbons (Fsp3) is 0.368. The summed E-state index contributed by atoms with van der Waals surface area (Å²) >= 11 is 0. The predicted octanol–water partition coefficient (Wildman–Crippen LogP) is 3.71. The zero-order chi connectivity index (χ0) is 18.1. The molecule has 0 amide bonds. The molecule has 2 aromatic carbocycles. The number of rotatable bonds is 10. The first-order valence-corrected chi connectivity index (χ1v) is 10.0. The molecule has 0 saturated heterocycles. The summed E-state index contributed by atoms with van der Waals surface area (Å²) < 4.78 is 38.4. The largest absolute Gasteiger partial charge is 0.489 e. The zero-order valence-corrected chi connectivity index (χ0v) is 15.4. The Morgan fingerprint density at radius 1 is 1.00 bits per heavy atom. The van der Waals surface area contributed by atoms with Gasteiger partial charge in [0.05, 0.1) is 19.0 Å². The number of hydrogen-bond donors (Lipinski definition) is 0. The first-order valence-electron chi connectivity index (χ1n) is 8.20. The van der Waals surface area contributed by atoms with Gasteiger partial charge in [-0.3, -0.25) is 4.18 Å². The predicted molar refractivity (Wildman–Crippen MR) is 97.0 cm³/mol. The molecule has 0 bridgehead atoms. The second-order valence-electron chi connectivity index (χ2n) is 5.60. The molecule has 0 aliphatic heterocycles. The van der Waals surface area contributed by atoms with Gasteiger partial charge in [-0.1, -0.05) is 42.5 Å². The molecule has 0 spiro atoms. The van der Waals surface area contributed by atoms with E-state index in [4.69, 9.17) is 13.7 Å². The van der Waals surface area contributed by atoms with Crippen LogP contribution in [0.1, 0.15) is 30.6 Å². The summed E-state index contributed by atoms with van der Waals surface area (Å²) in [5.74, 6) is 0.773. The van der Waals surface area contributed by atoms with Crippen LogP contribution in [0.5, 0.6) is 5.75 Å². The summed E-state index contributed by atoms with van der Waals surface area (Å²) in [6.45, 7) is 3.05. The number of benzene rings is 2. The molecule has 0 aliphatic rings. The van der Waals surface area contributed by atoms with Crippen molar-refractivity contribution in [3.63, 3.8) is 0 Å². The smallest absolute Gasteiger partial charge is 0.264 e. The molecule has 0 N–H and O–H groups in total. The van der Waals surface area contributed by atoms with E-state index >= 15 is 0 Å². The fourth-order valence-electron chi connectivity index (χ4n) is 2.37. The maximum atomic E-state index is 11.1. The van der Waals surface area contributed by atoms with Crippen LogP contribution in [0, 0.1) is 0 Å². The molecular formula is C19H24O5S. The highest BCUT2D eigenvalue weighted by atomic mass is 32.2. The average molecular weight is 364 g/mol. The van der Waals surface area contributed by atoms with Crippen LogP contribution in [-0.2, 0) is 25.6 Å². The number of ether oxygens (including phenoxy) is 2. The molecular weight excluding hydrogens is 340 g/mol. The molecule has 0 fully saturated rings. The third kappa shape index (κ3) is 7.25. The van der Waals surface area contributed by atoms with Crippen molar-refractivity contribution in [2.45, 2.75) is 26.1 Å². The van der Waals surface area contributed by atoms with E-state index in [1.165, 1.54) is 0 Å². The molecule has 0 saturated carbocycles. The van der Waals surface area contributed by atoms with Crippen LogP contribution >= 0.6 is 0 Å². The maximum absolute atomic E-state index is 11.1. The Hall–Kier alpha value is -1.89. The molecule has 136 valence electrons. The van der Waals surface area contributed by atoms with Gasteiger partial charge in [0, 0.05) is 13.0 Å². The molecule has 0 aromatic heterocycles. The van der Waals surface area contributed by atoms with E-state index in [0.717, 1.165) is 23.1 Å². The Labute approximate surface area is 149 Å². The van der Waals surface area contributed by atoms with Crippen LogP contribution in [0.15, 0.2) is 54.6 Å². The number of hydrogen-bond acceptors (Lipinski definition) is 5. The van der Waals surface area contributed by atoms with Crippen molar-refractivity contribution in [2.24, 2.45) is 0 Å². The minimum Gasteiger partial charge on any atom is -0.489 e. The minimum atomic E-state index is -3.43. The van der Waals surface area contributed by atoms with E-state index in [1.807, 2.05) is 61.5 Å². The van der Waals surface area contributed by atoms with Gasteiger partial charge in [-0.2, -0.15) is 8.42 Å². The molecule has 25 heavy (non-hydrogen) atoms. The summed E-state index contributed by atoms with van der Waals surface area (Å²) in [6.07, 6.45) is 1.29. The van der Waals surface area contributed by atoms with Gasteiger partial charge in [0.1, 0.15) is 12.4 Å². The summed E-state index contributed by atoms with van der Waals surface area (Å²) in [4.78, 5) is 0. The molecule has 2 aromatic rings. The molecule has 2 rings (SSSR count). The van der Waals surface area contributed by atoms with E-state index in [1.54, 1.807) is 0 Å². The first-order chi connectivity index (χ1) is 12.0. The third-order valence-corrected chi connectivity index (χ3v) is 4.14. The monoisotopic (exact) mass is 364 g/mol. The third-order valence-electron chi connectivity index (χ3n) is 3.55.